The van der Waals surface area contributed by atoms with E-state index in [0.29, 0.717) is 17.4 Å². The summed E-state index contributed by atoms with van der Waals surface area (Å²) < 4.78 is 1.34. The molecule has 0 radical (unpaired) electrons. The van der Waals surface area contributed by atoms with E-state index >= 15 is 0 Å². The van der Waals surface area contributed by atoms with Gasteiger partial charge >= 0.3 is 5.97 Å². The fraction of sp³-hybridized carbons (Fsp3) is 0.583. The van der Waals surface area contributed by atoms with Crippen LogP contribution in [-0.4, -0.2) is 48.9 Å². The average molecular weight is 274 g/mol. The largest absolute Gasteiger partial charge is 0.480 e. The van der Waals surface area contributed by atoms with Crippen LogP contribution in [-0.2, 0) is 4.79 Å². The highest BCUT2D eigenvalue weighted by Crippen LogP contribution is 2.43. The standard InChI is InChI=1S/C12H14N6O2/c19-12(20)11-8-3-1-2-7(8)6-17(11)10-5-4-9-13-15-16-18(9)14-10/h4-5,7-8,11H,1-3,6H2,(H,19,20). The highest BCUT2D eigenvalue weighted by Gasteiger charge is 2.48. The van der Waals surface area contributed by atoms with Crippen molar-refractivity contribution in [3.63, 3.8) is 0 Å². The first-order chi connectivity index (χ1) is 9.74. The Labute approximate surface area is 114 Å². The fourth-order valence-electron chi connectivity index (χ4n) is 3.65. The number of aromatic nitrogens is 5. The second-order valence-electron chi connectivity index (χ2n) is 5.51. The Morgan fingerprint density at radius 3 is 3.10 bits per heavy atom. The van der Waals surface area contributed by atoms with Gasteiger partial charge in [-0.05, 0) is 47.2 Å². The number of nitrogens with zero attached hydrogens (tertiary/aromatic N) is 6. The van der Waals surface area contributed by atoms with E-state index in [1.807, 2.05) is 4.90 Å². The molecule has 2 aromatic rings. The monoisotopic (exact) mass is 274 g/mol. The van der Waals surface area contributed by atoms with Crippen LogP contribution in [0.3, 0.4) is 0 Å². The Balaban J connectivity index is 1.74. The van der Waals surface area contributed by atoms with Crippen molar-refractivity contribution in [3.05, 3.63) is 12.1 Å². The lowest BCUT2D eigenvalue weighted by Crippen LogP contribution is -2.40. The molecule has 0 spiro atoms. The number of fused-ring (bicyclic) bond motifs is 2. The summed E-state index contributed by atoms with van der Waals surface area (Å²) in [5.41, 5.74) is 0.556. The Bertz CT molecular complexity index is 671. The third-order valence-electron chi connectivity index (χ3n) is 4.49. The predicted molar refractivity (Wildman–Crippen MR) is 68.2 cm³/mol. The summed E-state index contributed by atoms with van der Waals surface area (Å²) in [6.07, 6.45) is 3.23. The van der Waals surface area contributed by atoms with E-state index < -0.39 is 12.0 Å². The van der Waals surface area contributed by atoms with E-state index in [4.69, 9.17) is 0 Å². The smallest absolute Gasteiger partial charge is 0.326 e. The number of carboxylic acid groups (broad SMARTS) is 1. The molecule has 0 amide bonds. The van der Waals surface area contributed by atoms with Gasteiger partial charge in [0.15, 0.2) is 11.5 Å². The number of anilines is 1. The number of tetrazole rings is 1. The van der Waals surface area contributed by atoms with E-state index in [0.717, 1.165) is 25.8 Å². The summed E-state index contributed by atoms with van der Waals surface area (Å²) in [5.74, 6) is 0.561. The first-order valence-electron chi connectivity index (χ1n) is 6.79. The van der Waals surface area contributed by atoms with Crippen molar-refractivity contribution in [1.82, 2.24) is 25.3 Å². The van der Waals surface area contributed by atoms with Crippen LogP contribution in [0.2, 0.25) is 0 Å². The minimum Gasteiger partial charge on any atom is -0.480 e. The molecule has 20 heavy (non-hydrogen) atoms. The van der Waals surface area contributed by atoms with Crippen LogP contribution in [0.1, 0.15) is 19.3 Å². The van der Waals surface area contributed by atoms with Gasteiger partial charge in [0, 0.05) is 6.54 Å². The first kappa shape index (κ1) is 11.6. The molecule has 1 aliphatic carbocycles. The zero-order chi connectivity index (χ0) is 13.7. The third kappa shape index (κ3) is 1.57. The maximum Gasteiger partial charge on any atom is 0.326 e. The van der Waals surface area contributed by atoms with Gasteiger partial charge in [-0.2, -0.15) is 0 Å². The molecule has 3 heterocycles. The molecule has 1 saturated carbocycles. The topological polar surface area (TPSA) is 96.5 Å². The molecule has 2 aliphatic rings. The lowest BCUT2D eigenvalue weighted by Gasteiger charge is -2.24. The normalized spacial score (nSPS) is 29.0. The first-order valence-corrected chi connectivity index (χ1v) is 6.79. The Morgan fingerprint density at radius 2 is 2.25 bits per heavy atom. The molecule has 1 saturated heterocycles. The van der Waals surface area contributed by atoms with E-state index in [1.54, 1.807) is 12.1 Å². The Hall–Kier alpha value is -2.25. The number of hydrogen-bond donors (Lipinski definition) is 1. The van der Waals surface area contributed by atoms with Crippen LogP contribution >= 0.6 is 0 Å². The summed E-state index contributed by atoms with van der Waals surface area (Å²) in [7, 11) is 0. The van der Waals surface area contributed by atoms with Gasteiger partial charge in [-0.25, -0.2) is 4.79 Å². The van der Waals surface area contributed by atoms with Crippen molar-refractivity contribution in [2.24, 2.45) is 11.8 Å². The number of aliphatic carboxylic acids is 1. The molecule has 8 nitrogen and oxygen atoms in total. The number of rotatable bonds is 2. The van der Waals surface area contributed by atoms with Crippen LogP contribution in [0.15, 0.2) is 12.1 Å². The van der Waals surface area contributed by atoms with E-state index in [2.05, 4.69) is 20.6 Å². The molecule has 8 heteroatoms. The highest BCUT2D eigenvalue weighted by atomic mass is 16.4. The van der Waals surface area contributed by atoms with Crippen molar-refractivity contribution < 1.29 is 9.90 Å². The van der Waals surface area contributed by atoms with Crippen molar-refractivity contribution in [3.8, 4) is 0 Å². The van der Waals surface area contributed by atoms with Crippen LogP contribution in [0.5, 0.6) is 0 Å². The summed E-state index contributed by atoms with van der Waals surface area (Å²) >= 11 is 0. The predicted octanol–water partition coefficient (Wildman–Crippen LogP) is 0.209. The maximum absolute atomic E-state index is 11.6. The molecular weight excluding hydrogens is 260 g/mol. The van der Waals surface area contributed by atoms with Crippen LogP contribution in [0.25, 0.3) is 5.65 Å². The summed E-state index contributed by atoms with van der Waals surface area (Å²) in [6, 6.07) is 3.07. The maximum atomic E-state index is 11.6. The van der Waals surface area contributed by atoms with Crippen LogP contribution < -0.4 is 4.90 Å². The van der Waals surface area contributed by atoms with E-state index in [9.17, 15) is 9.90 Å². The van der Waals surface area contributed by atoms with Gasteiger partial charge in [-0.15, -0.1) is 14.8 Å². The molecule has 3 unspecified atom stereocenters. The minimum atomic E-state index is -0.766. The van der Waals surface area contributed by atoms with Gasteiger partial charge in [0.05, 0.1) is 0 Å². The minimum absolute atomic E-state index is 0.235. The molecule has 2 aromatic heterocycles. The van der Waals surface area contributed by atoms with Gasteiger partial charge in [0.2, 0.25) is 0 Å². The molecule has 3 atom stereocenters. The fourth-order valence-corrected chi connectivity index (χ4v) is 3.65. The van der Waals surface area contributed by atoms with E-state index in [-0.39, 0.29) is 5.92 Å². The molecule has 0 bridgehead atoms. The van der Waals surface area contributed by atoms with Crippen molar-refractivity contribution in [1.29, 1.82) is 0 Å². The number of carboxylic acids is 1. The molecule has 0 aromatic carbocycles. The van der Waals surface area contributed by atoms with Gasteiger partial charge in [0.1, 0.15) is 6.04 Å². The van der Waals surface area contributed by atoms with Crippen molar-refractivity contribution in [2.75, 3.05) is 11.4 Å². The SMILES string of the molecule is O=C(O)C1C2CCCC2CN1c1ccc2nnnn2n1. The molecular formula is C12H14N6O2. The van der Waals surface area contributed by atoms with Gasteiger partial charge in [-0.1, -0.05) is 6.42 Å². The average Bonchev–Trinajstić information content (AvgIpc) is 3.11. The summed E-state index contributed by atoms with van der Waals surface area (Å²) in [6.45, 7) is 0.752. The summed E-state index contributed by atoms with van der Waals surface area (Å²) in [4.78, 5) is 13.5. The zero-order valence-electron chi connectivity index (χ0n) is 10.8. The van der Waals surface area contributed by atoms with Crippen LogP contribution in [0.4, 0.5) is 5.82 Å². The molecule has 2 fully saturated rings. The lowest BCUT2D eigenvalue weighted by molar-refractivity contribution is -0.139. The Morgan fingerprint density at radius 1 is 1.35 bits per heavy atom. The molecule has 1 N–H and O–H groups in total. The molecule has 104 valence electrons. The number of hydrogen-bond acceptors (Lipinski definition) is 6. The second kappa shape index (κ2) is 4.12. The van der Waals surface area contributed by atoms with Crippen molar-refractivity contribution in [2.45, 2.75) is 25.3 Å². The van der Waals surface area contributed by atoms with Gasteiger partial charge < -0.3 is 10.0 Å². The van der Waals surface area contributed by atoms with Gasteiger partial charge in [0.25, 0.3) is 0 Å². The molecule has 1 aliphatic heterocycles. The zero-order valence-corrected chi connectivity index (χ0v) is 10.8. The number of carbonyl (C=O) groups is 1. The lowest BCUT2D eigenvalue weighted by atomic mass is 9.94. The van der Waals surface area contributed by atoms with Crippen LogP contribution in [0, 0.1) is 11.8 Å². The molecule has 4 rings (SSSR count). The van der Waals surface area contributed by atoms with E-state index in [1.165, 1.54) is 4.63 Å². The quantitative estimate of drug-likeness (QED) is 0.836. The second-order valence-corrected chi connectivity index (χ2v) is 5.51. The van der Waals surface area contributed by atoms with Gasteiger partial charge in [-0.3, -0.25) is 0 Å². The Kier molecular flexibility index (Phi) is 2.38. The summed E-state index contributed by atoms with van der Waals surface area (Å²) in [5, 5.41) is 25.0. The highest BCUT2D eigenvalue weighted by molar-refractivity contribution is 5.79. The third-order valence-corrected chi connectivity index (χ3v) is 4.49. The van der Waals surface area contributed by atoms with Crippen molar-refractivity contribution >= 4 is 17.4 Å².